The molecule has 2 N–H and O–H groups in total. The monoisotopic (exact) mass is 577 g/mol. The lowest BCUT2D eigenvalue weighted by Gasteiger charge is -2.29. The van der Waals surface area contributed by atoms with Gasteiger partial charge in [0.25, 0.3) is 0 Å². The van der Waals surface area contributed by atoms with Gasteiger partial charge in [0.2, 0.25) is 11.8 Å². The van der Waals surface area contributed by atoms with E-state index < -0.39 is 0 Å². The molecule has 2 amide bonds. The second-order valence-corrected chi connectivity index (χ2v) is 11.7. The molecule has 2 aromatic carbocycles. The second-order valence-electron chi connectivity index (χ2n) is 11.7. The molecule has 0 spiro atoms. The molecular weight excluding hydrogens is 518 g/mol. The van der Waals surface area contributed by atoms with Crippen molar-refractivity contribution in [3.05, 3.63) is 48.5 Å². The van der Waals surface area contributed by atoms with Crippen molar-refractivity contribution in [3.63, 3.8) is 0 Å². The van der Waals surface area contributed by atoms with E-state index >= 15 is 0 Å². The molecule has 0 aliphatic rings. The van der Waals surface area contributed by atoms with Crippen molar-refractivity contribution in [2.75, 3.05) is 22.1 Å². The molecule has 2 rings (SSSR count). The maximum Gasteiger partial charge on any atom is 0.224 e. The average molecular weight is 578 g/mol. The number of nitrogens with one attached hydrogen (secondary N) is 2. The fourth-order valence-electron chi connectivity index (χ4n) is 5.49. The number of rotatable bonds is 24. The summed E-state index contributed by atoms with van der Waals surface area (Å²) < 4.78 is 0. The number of para-hydroxylation sites is 4. The van der Waals surface area contributed by atoms with Crippen LogP contribution in [0.5, 0.6) is 0 Å². The molecular formula is C37H59N3O2. The van der Waals surface area contributed by atoms with E-state index in [1.54, 1.807) is 0 Å². The number of benzene rings is 2. The molecule has 234 valence electrons. The van der Waals surface area contributed by atoms with E-state index in [-0.39, 0.29) is 11.8 Å². The first-order valence-electron chi connectivity index (χ1n) is 17.2. The summed E-state index contributed by atoms with van der Waals surface area (Å²) in [6.45, 7) is 7.41. The number of carbonyl (C=O) groups is 2. The van der Waals surface area contributed by atoms with Gasteiger partial charge in [-0.05, 0) is 43.5 Å². The molecule has 0 aromatic heterocycles. The largest absolute Gasteiger partial charge is 0.338 e. The molecule has 0 heterocycles. The van der Waals surface area contributed by atoms with Gasteiger partial charge in [0.1, 0.15) is 0 Å². The molecule has 0 bridgehead atoms. The van der Waals surface area contributed by atoms with Gasteiger partial charge in [-0.15, -0.1) is 0 Å². The van der Waals surface area contributed by atoms with E-state index in [1.165, 1.54) is 77.0 Å². The van der Waals surface area contributed by atoms with E-state index in [1.807, 2.05) is 36.4 Å². The standard InChI is InChI=1S/C37H59N3O2/c1-4-7-9-11-13-15-17-19-29-36(41)38-32-25-21-23-27-34(32)40(31-6-3)35-28-24-22-26-33(35)39-37(42)30-20-18-16-14-12-10-8-5-2/h21-28H,4-20,29-31H2,1-3H3,(H,38,41)(H,39,42). The number of carbonyl (C=O) groups excluding carboxylic acids is 2. The van der Waals surface area contributed by atoms with Crippen molar-refractivity contribution >= 4 is 34.6 Å². The first-order chi connectivity index (χ1) is 20.6. The van der Waals surface area contributed by atoms with Crippen LogP contribution >= 0.6 is 0 Å². The highest BCUT2D eigenvalue weighted by Crippen LogP contribution is 2.36. The predicted molar refractivity (Wildman–Crippen MR) is 182 cm³/mol. The number of nitrogens with zero attached hydrogens (tertiary/aromatic N) is 1. The third-order valence-corrected chi connectivity index (χ3v) is 7.90. The summed E-state index contributed by atoms with van der Waals surface area (Å²) in [4.78, 5) is 28.0. The smallest absolute Gasteiger partial charge is 0.224 e. The summed E-state index contributed by atoms with van der Waals surface area (Å²) in [7, 11) is 0. The van der Waals surface area contributed by atoms with E-state index in [4.69, 9.17) is 0 Å². The Kier molecular flexibility index (Phi) is 19.2. The number of hydrogen-bond donors (Lipinski definition) is 2. The molecule has 0 atom stereocenters. The number of amides is 2. The van der Waals surface area contributed by atoms with Gasteiger partial charge in [-0.3, -0.25) is 9.59 Å². The number of hydrogen-bond acceptors (Lipinski definition) is 3. The zero-order valence-electron chi connectivity index (χ0n) is 27.0. The highest BCUT2D eigenvalue weighted by molar-refractivity contribution is 5.98. The second kappa shape index (κ2) is 22.7. The Morgan fingerprint density at radius 2 is 0.857 bits per heavy atom. The first-order valence-corrected chi connectivity index (χ1v) is 17.2. The molecule has 0 saturated heterocycles. The zero-order valence-corrected chi connectivity index (χ0v) is 27.0. The lowest BCUT2D eigenvalue weighted by molar-refractivity contribution is -0.117. The maximum absolute atomic E-state index is 12.9. The zero-order chi connectivity index (χ0) is 30.3. The van der Waals surface area contributed by atoms with Gasteiger partial charge in [0.15, 0.2) is 0 Å². The van der Waals surface area contributed by atoms with Crippen molar-refractivity contribution in [1.29, 1.82) is 0 Å². The van der Waals surface area contributed by atoms with Gasteiger partial charge in [0.05, 0.1) is 22.7 Å². The summed E-state index contributed by atoms with van der Waals surface area (Å²) in [5.74, 6) is 0.133. The van der Waals surface area contributed by atoms with Crippen molar-refractivity contribution < 1.29 is 9.59 Å². The minimum atomic E-state index is 0.0665. The number of unbranched alkanes of at least 4 members (excludes halogenated alkanes) is 14. The molecule has 0 fully saturated rings. The van der Waals surface area contributed by atoms with Crippen LogP contribution in [0.4, 0.5) is 22.7 Å². The van der Waals surface area contributed by atoms with Crippen molar-refractivity contribution in [2.24, 2.45) is 0 Å². The first kappa shape index (κ1) is 35.4. The van der Waals surface area contributed by atoms with Gasteiger partial charge in [0, 0.05) is 19.4 Å². The van der Waals surface area contributed by atoms with Gasteiger partial charge < -0.3 is 15.5 Å². The summed E-state index contributed by atoms with van der Waals surface area (Å²) >= 11 is 0. The van der Waals surface area contributed by atoms with Crippen LogP contribution in [0.2, 0.25) is 0 Å². The third kappa shape index (κ3) is 14.4. The molecule has 0 unspecified atom stereocenters. The molecule has 5 nitrogen and oxygen atoms in total. The minimum absolute atomic E-state index is 0.0665. The predicted octanol–water partition coefficient (Wildman–Crippen LogP) is 11.2. The molecule has 0 aliphatic heterocycles. The fraction of sp³-hybridized carbons (Fsp3) is 0.622. The molecule has 5 heteroatoms. The quantitative estimate of drug-likeness (QED) is 0.122. The van der Waals surface area contributed by atoms with Gasteiger partial charge in [-0.25, -0.2) is 0 Å². The van der Waals surface area contributed by atoms with Crippen LogP contribution in [-0.2, 0) is 9.59 Å². The Labute approximate surface area is 257 Å². The third-order valence-electron chi connectivity index (χ3n) is 7.90. The molecule has 0 saturated carbocycles. The highest BCUT2D eigenvalue weighted by atomic mass is 16.2. The van der Waals surface area contributed by atoms with Crippen LogP contribution in [-0.4, -0.2) is 18.4 Å². The summed E-state index contributed by atoms with van der Waals surface area (Å²) in [5.41, 5.74) is 3.54. The van der Waals surface area contributed by atoms with E-state index in [2.05, 4.69) is 48.4 Å². The van der Waals surface area contributed by atoms with Gasteiger partial charge in [-0.2, -0.15) is 0 Å². The van der Waals surface area contributed by atoms with Gasteiger partial charge in [-0.1, -0.05) is 135 Å². The van der Waals surface area contributed by atoms with Crippen molar-refractivity contribution in [2.45, 2.75) is 143 Å². The van der Waals surface area contributed by atoms with Crippen LogP contribution in [0.15, 0.2) is 48.5 Å². The average Bonchev–Trinajstić information content (AvgIpc) is 2.99. The Bertz CT molecular complexity index is 929. The Balaban J connectivity index is 1.96. The van der Waals surface area contributed by atoms with Crippen molar-refractivity contribution in [3.8, 4) is 0 Å². The van der Waals surface area contributed by atoms with Crippen molar-refractivity contribution in [1.82, 2.24) is 0 Å². The fourth-order valence-corrected chi connectivity index (χ4v) is 5.49. The number of anilines is 4. The van der Waals surface area contributed by atoms with Crippen LogP contribution in [0, 0.1) is 0 Å². The van der Waals surface area contributed by atoms with E-state index in [0.29, 0.717) is 12.8 Å². The minimum Gasteiger partial charge on any atom is -0.338 e. The van der Waals surface area contributed by atoms with Gasteiger partial charge >= 0.3 is 0 Å². The van der Waals surface area contributed by atoms with Crippen LogP contribution in [0.1, 0.15) is 143 Å². The maximum atomic E-state index is 12.9. The lowest BCUT2D eigenvalue weighted by Crippen LogP contribution is -2.23. The summed E-state index contributed by atoms with van der Waals surface area (Å²) in [6.07, 6.45) is 21.5. The van der Waals surface area contributed by atoms with E-state index in [9.17, 15) is 9.59 Å². The highest BCUT2D eigenvalue weighted by Gasteiger charge is 2.18. The Morgan fingerprint density at radius 3 is 1.24 bits per heavy atom. The Hall–Kier alpha value is -2.82. The van der Waals surface area contributed by atoms with Crippen LogP contribution < -0.4 is 15.5 Å². The topological polar surface area (TPSA) is 61.4 Å². The molecule has 2 aromatic rings. The van der Waals surface area contributed by atoms with Crippen LogP contribution in [0.3, 0.4) is 0 Å². The lowest BCUT2D eigenvalue weighted by atomic mass is 10.1. The molecule has 0 radical (unpaired) electrons. The molecule has 42 heavy (non-hydrogen) atoms. The summed E-state index contributed by atoms with van der Waals surface area (Å²) in [6, 6.07) is 16.0. The van der Waals surface area contributed by atoms with Crippen LogP contribution in [0.25, 0.3) is 0 Å². The Morgan fingerprint density at radius 1 is 0.500 bits per heavy atom. The summed E-state index contributed by atoms with van der Waals surface area (Å²) in [5, 5.41) is 6.37. The van der Waals surface area contributed by atoms with E-state index in [0.717, 1.165) is 61.4 Å². The molecule has 0 aliphatic carbocycles. The normalized spacial score (nSPS) is 10.9. The SMILES string of the molecule is CCCCCCCCCCC(=O)Nc1ccccc1N(CCC)c1ccccc1NC(=O)CCCCCCCCCC.